The topological polar surface area (TPSA) is 76.6 Å². The Balaban J connectivity index is 3.11. The van der Waals surface area contributed by atoms with Crippen LogP contribution in [0.15, 0.2) is 0 Å². The van der Waals surface area contributed by atoms with Crippen LogP contribution in [0, 0.1) is 16.7 Å². The van der Waals surface area contributed by atoms with Crippen molar-refractivity contribution in [2.24, 2.45) is 5.41 Å². The van der Waals surface area contributed by atoms with Gasteiger partial charge in [-0.2, -0.15) is 10.5 Å². The van der Waals surface area contributed by atoms with Gasteiger partial charge in [-0.25, -0.2) is 0 Å². The number of rotatable bonds is 2. The third-order valence-corrected chi connectivity index (χ3v) is 2.72. The molecule has 0 unspecified atom stereocenters. The van der Waals surface area contributed by atoms with E-state index in [1.165, 1.54) is 0 Å². The predicted octanol–water partition coefficient (Wildman–Crippen LogP) is 0.656. The predicted molar refractivity (Wildman–Crippen MR) is 45.6 cm³/mol. The Morgan fingerprint density at radius 2 is 1.92 bits per heavy atom. The fourth-order valence-corrected chi connectivity index (χ4v) is 0.814. The van der Waals surface area contributed by atoms with Crippen LogP contribution in [-0.2, 0) is 5.41 Å². The summed E-state index contributed by atoms with van der Waals surface area (Å²) in [6.45, 7) is 7.52. The van der Waals surface area contributed by atoms with Crippen molar-refractivity contribution >= 4 is 0 Å². The maximum absolute atomic E-state index is 8.98. The molecule has 13 heavy (non-hydrogen) atoms. The van der Waals surface area contributed by atoms with E-state index >= 15 is 0 Å². The normalized spacial score (nSPS) is 12.5. The highest BCUT2D eigenvalue weighted by Gasteiger charge is 2.38. The first kappa shape index (κ1) is 9.65. The van der Waals surface area contributed by atoms with Gasteiger partial charge in [-0.1, -0.05) is 13.8 Å². The summed E-state index contributed by atoms with van der Waals surface area (Å²) in [5, 5.41) is 23.4. The van der Waals surface area contributed by atoms with E-state index in [0.717, 1.165) is 0 Å². The van der Waals surface area contributed by atoms with E-state index in [9.17, 15) is 0 Å². The van der Waals surface area contributed by atoms with Crippen LogP contribution in [0.2, 0.25) is 0 Å². The van der Waals surface area contributed by atoms with Crippen LogP contribution < -0.4 is 5.10 Å². The molecule has 0 aromatic carbocycles. The van der Waals surface area contributed by atoms with Gasteiger partial charge in [0.15, 0.2) is 0 Å². The number of aromatic nitrogens is 4. The molecule has 0 radical (unpaired) electrons. The van der Waals surface area contributed by atoms with Gasteiger partial charge < -0.3 is 5.10 Å². The molecule has 5 heteroatoms. The van der Waals surface area contributed by atoms with Crippen molar-refractivity contribution in [1.29, 1.82) is 5.26 Å². The fourth-order valence-electron chi connectivity index (χ4n) is 0.814. The Bertz CT molecular complexity index is 317. The molecule has 0 aliphatic carbocycles. The van der Waals surface area contributed by atoms with Crippen LogP contribution in [0.25, 0.3) is 0 Å². The third-order valence-electron chi connectivity index (χ3n) is 2.72. The molecule has 0 saturated heterocycles. The molecular weight excluding hydrogens is 166 g/mol. The van der Waals surface area contributed by atoms with Crippen LogP contribution in [-0.4, -0.2) is 15.5 Å². The van der Waals surface area contributed by atoms with Crippen LogP contribution >= 0.6 is 0 Å². The zero-order chi connectivity index (χ0) is 10.1. The minimum absolute atomic E-state index is 0.439. The minimum atomic E-state index is -0.537. The van der Waals surface area contributed by atoms with E-state index in [0.29, 0.717) is 5.82 Å². The van der Waals surface area contributed by atoms with Crippen molar-refractivity contribution in [2.75, 3.05) is 0 Å². The monoisotopic (exact) mass is 178 g/mol. The van der Waals surface area contributed by atoms with Gasteiger partial charge in [0, 0.05) is 11.2 Å². The SMILES string of the molecule is CC(C)(C#N)C(C)(C)c1nnn[n-]1. The highest BCUT2D eigenvalue weighted by molar-refractivity contribution is 5.15. The van der Waals surface area contributed by atoms with Crippen LogP contribution in [0.4, 0.5) is 0 Å². The molecule has 70 valence electrons. The van der Waals surface area contributed by atoms with Gasteiger partial charge in [-0.05, 0) is 13.8 Å². The van der Waals surface area contributed by atoms with Gasteiger partial charge in [0.05, 0.1) is 11.5 Å². The average molecular weight is 178 g/mol. The molecule has 1 heterocycles. The van der Waals surface area contributed by atoms with Crippen LogP contribution in [0.1, 0.15) is 33.5 Å². The summed E-state index contributed by atoms with van der Waals surface area (Å²) < 4.78 is 0. The zero-order valence-corrected chi connectivity index (χ0v) is 8.24. The second-order valence-corrected chi connectivity index (χ2v) is 4.06. The number of hydrogen-bond acceptors (Lipinski definition) is 4. The lowest BCUT2D eigenvalue weighted by atomic mass is 9.68. The molecule has 0 spiro atoms. The standard InChI is InChI=1S/C8H12N5/c1-7(2,5-9)8(3,4)6-10-12-13-11-6/h1-4H3/q-1. The number of nitrogens with zero attached hydrogens (tertiary/aromatic N) is 5. The lowest BCUT2D eigenvalue weighted by Gasteiger charge is -2.36. The average Bonchev–Trinajstić information content (AvgIpc) is 2.56. The second-order valence-electron chi connectivity index (χ2n) is 4.06. The first-order chi connectivity index (χ1) is 5.92. The summed E-state index contributed by atoms with van der Waals surface area (Å²) in [4.78, 5) is 0. The van der Waals surface area contributed by atoms with Gasteiger partial charge in [0.1, 0.15) is 0 Å². The van der Waals surface area contributed by atoms with E-state index in [4.69, 9.17) is 5.26 Å². The maximum Gasteiger partial charge on any atom is 0.0693 e. The van der Waals surface area contributed by atoms with E-state index in [1.54, 1.807) is 0 Å². The first-order valence-corrected chi connectivity index (χ1v) is 4.02. The van der Waals surface area contributed by atoms with Gasteiger partial charge >= 0.3 is 0 Å². The first-order valence-electron chi connectivity index (χ1n) is 4.02. The Labute approximate surface area is 77.2 Å². The van der Waals surface area contributed by atoms with Crippen molar-refractivity contribution in [1.82, 2.24) is 20.6 Å². The molecule has 0 bridgehead atoms. The van der Waals surface area contributed by atoms with Crippen LogP contribution in [0.3, 0.4) is 0 Å². The van der Waals surface area contributed by atoms with Gasteiger partial charge in [0.2, 0.25) is 0 Å². The molecule has 1 rings (SSSR count). The van der Waals surface area contributed by atoms with Gasteiger partial charge in [-0.15, -0.1) is 0 Å². The Morgan fingerprint density at radius 1 is 1.31 bits per heavy atom. The Hall–Kier alpha value is -1.44. The maximum atomic E-state index is 8.98. The molecule has 1 aromatic rings. The molecule has 0 fully saturated rings. The smallest absolute Gasteiger partial charge is 0.0693 e. The van der Waals surface area contributed by atoms with Gasteiger partial charge in [0.25, 0.3) is 0 Å². The highest BCUT2D eigenvalue weighted by Crippen LogP contribution is 2.38. The van der Waals surface area contributed by atoms with E-state index in [1.807, 2.05) is 27.7 Å². The molecule has 5 nitrogen and oxygen atoms in total. The largest absolute Gasteiger partial charge is 0.335 e. The summed E-state index contributed by atoms with van der Waals surface area (Å²) >= 11 is 0. The molecule has 0 atom stereocenters. The number of nitriles is 1. The Morgan fingerprint density at radius 3 is 2.31 bits per heavy atom. The van der Waals surface area contributed by atoms with Crippen molar-refractivity contribution in [3.05, 3.63) is 5.82 Å². The molecule has 0 aliphatic rings. The van der Waals surface area contributed by atoms with E-state index in [2.05, 4.69) is 26.7 Å². The lowest BCUT2D eigenvalue weighted by molar-refractivity contribution is 0.262. The van der Waals surface area contributed by atoms with Crippen molar-refractivity contribution in [3.8, 4) is 6.07 Å². The molecule has 0 amide bonds. The molecule has 0 saturated carbocycles. The summed E-state index contributed by atoms with van der Waals surface area (Å²) in [5.41, 5.74) is -0.976. The minimum Gasteiger partial charge on any atom is -0.335 e. The van der Waals surface area contributed by atoms with E-state index in [-0.39, 0.29) is 0 Å². The quantitative estimate of drug-likeness (QED) is 0.664. The van der Waals surface area contributed by atoms with E-state index < -0.39 is 10.8 Å². The molecule has 0 aliphatic heterocycles. The van der Waals surface area contributed by atoms with Crippen LogP contribution in [0.5, 0.6) is 0 Å². The van der Waals surface area contributed by atoms with Crippen molar-refractivity contribution < 1.29 is 0 Å². The number of hydrogen-bond donors (Lipinski definition) is 0. The summed E-state index contributed by atoms with van der Waals surface area (Å²) in [5.74, 6) is 0.513. The fraction of sp³-hybridized carbons (Fsp3) is 0.750. The summed E-state index contributed by atoms with van der Waals surface area (Å²) in [6, 6.07) is 2.23. The van der Waals surface area contributed by atoms with Gasteiger partial charge in [-0.3, -0.25) is 10.3 Å². The van der Waals surface area contributed by atoms with Crippen molar-refractivity contribution in [3.63, 3.8) is 0 Å². The third kappa shape index (κ3) is 1.39. The summed E-state index contributed by atoms with van der Waals surface area (Å²) in [6.07, 6.45) is 0. The second kappa shape index (κ2) is 2.80. The summed E-state index contributed by atoms with van der Waals surface area (Å²) in [7, 11) is 0. The Kier molecular flexibility index (Phi) is 2.08. The number of tetrazole rings is 1. The molecule has 0 N–H and O–H groups in total. The molecular formula is C8H12N5-. The lowest BCUT2D eigenvalue weighted by Crippen LogP contribution is -2.36. The molecule has 1 aromatic heterocycles. The zero-order valence-electron chi connectivity index (χ0n) is 8.24. The highest BCUT2D eigenvalue weighted by atomic mass is 15.5. The van der Waals surface area contributed by atoms with Crippen molar-refractivity contribution in [2.45, 2.75) is 33.1 Å².